The smallest absolute Gasteiger partial charge is 0.165 e. The average molecular weight is 302 g/mol. The molecule has 1 rings (SSSR count). The molecule has 1 aromatic rings. The van der Waals surface area contributed by atoms with E-state index in [0.717, 1.165) is 18.8 Å². The van der Waals surface area contributed by atoms with E-state index in [0.29, 0.717) is 17.2 Å². The highest BCUT2D eigenvalue weighted by atomic mass is 32.2. The third kappa shape index (κ3) is 5.04. The summed E-state index contributed by atoms with van der Waals surface area (Å²) in [5.74, 6) is -0.147. The molecular formula is C13H19FN2OS2. The van der Waals surface area contributed by atoms with Crippen molar-refractivity contribution in [3.05, 3.63) is 29.6 Å². The maximum Gasteiger partial charge on any atom is 0.165 e. The van der Waals surface area contributed by atoms with Gasteiger partial charge in [-0.3, -0.25) is 4.99 Å². The number of nitrogens with zero attached hydrogens (tertiary/aromatic N) is 2. The normalized spacial score (nSPS) is 12.2. The maximum absolute atomic E-state index is 13.3. The molecular weight excluding hydrogens is 283 g/mol. The van der Waals surface area contributed by atoms with Gasteiger partial charge in [0.15, 0.2) is 11.6 Å². The molecule has 0 heterocycles. The van der Waals surface area contributed by atoms with Crippen LogP contribution in [0, 0.1) is 5.82 Å². The summed E-state index contributed by atoms with van der Waals surface area (Å²) in [5.41, 5.74) is 0.448. The van der Waals surface area contributed by atoms with Gasteiger partial charge in [-0.2, -0.15) is 12.6 Å². The van der Waals surface area contributed by atoms with E-state index in [9.17, 15) is 9.50 Å². The van der Waals surface area contributed by atoms with Crippen LogP contribution in [0.25, 0.3) is 0 Å². The van der Waals surface area contributed by atoms with Crippen molar-refractivity contribution in [2.75, 3.05) is 38.7 Å². The van der Waals surface area contributed by atoms with Crippen LogP contribution in [0.5, 0.6) is 5.75 Å². The van der Waals surface area contributed by atoms with Crippen molar-refractivity contribution in [3.8, 4) is 5.75 Å². The van der Waals surface area contributed by atoms with E-state index in [1.54, 1.807) is 12.1 Å². The van der Waals surface area contributed by atoms with E-state index in [1.807, 2.05) is 13.3 Å². The van der Waals surface area contributed by atoms with Crippen molar-refractivity contribution in [2.24, 2.45) is 4.99 Å². The molecule has 1 N–H and O–H groups in total. The van der Waals surface area contributed by atoms with Gasteiger partial charge >= 0.3 is 0 Å². The number of aromatic hydroxyl groups is 1. The molecule has 1 aromatic carbocycles. The van der Waals surface area contributed by atoms with Crippen LogP contribution in [-0.4, -0.2) is 53.7 Å². The van der Waals surface area contributed by atoms with Gasteiger partial charge in [-0.25, -0.2) is 4.39 Å². The van der Waals surface area contributed by atoms with E-state index in [4.69, 9.17) is 0 Å². The summed E-state index contributed by atoms with van der Waals surface area (Å²) in [6, 6.07) is 4.48. The second kappa shape index (κ2) is 8.45. The molecule has 0 atom stereocenters. The Morgan fingerprint density at radius 3 is 2.84 bits per heavy atom. The first-order chi connectivity index (χ1) is 9.10. The highest BCUT2D eigenvalue weighted by Gasteiger charge is 2.11. The van der Waals surface area contributed by atoms with Crippen molar-refractivity contribution in [1.29, 1.82) is 0 Å². The number of benzene rings is 1. The number of phenols is 1. The number of thioether (sulfide) groups is 1. The van der Waals surface area contributed by atoms with Crippen LogP contribution in [0.2, 0.25) is 0 Å². The van der Waals surface area contributed by atoms with Gasteiger partial charge in [-0.05, 0) is 25.4 Å². The third-order valence-electron chi connectivity index (χ3n) is 2.63. The van der Waals surface area contributed by atoms with E-state index in [-0.39, 0.29) is 5.75 Å². The zero-order chi connectivity index (χ0) is 14.3. The summed E-state index contributed by atoms with van der Waals surface area (Å²) in [7, 11) is 2.00. The molecule has 0 aliphatic heterocycles. The molecule has 0 aliphatic carbocycles. The van der Waals surface area contributed by atoms with Gasteiger partial charge in [-0.1, -0.05) is 6.07 Å². The number of thiol groups is 1. The zero-order valence-electron chi connectivity index (χ0n) is 11.1. The Labute approximate surface area is 123 Å². The molecule has 0 amide bonds. The van der Waals surface area contributed by atoms with Crippen LogP contribution < -0.4 is 0 Å². The Hall–Kier alpha value is -0.720. The molecule has 19 heavy (non-hydrogen) atoms. The number of hydrogen-bond donors (Lipinski definition) is 2. The Morgan fingerprint density at radius 1 is 1.47 bits per heavy atom. The van der Waals surface area contributed by atoms with Crippen LogP contribution in [-0.2, 0) is 0 Å². The number of halogens is 1. The van der Waals surface area contributed by atoms with Crippen LogP contribution in [0.15, 0.2) is 23.2 Å². The molecule has 0 spiro atoms. The summed E-state index contributed by atoms with van der Waals surface area (Å²) in [6.07, 6.45) is 1.86. The number of phenolic OH excluding ortho intramolecular Hbond substituents is 1. The minimum atomic E-state index is -0.619. The zero-order valence-corrected chi connectivity index (χ0v) is 12.8. The monoisotopic (exact) mass is 302 g/mol. The first kappa shape index (κ1) is 16.3. The predicted molar refractivity (Wildman–Crippen MR) is 84.3 cm³/mol. The summed E-state index contributed by atoms with van der Waals surface area (Å²) in [5, 5.41) is 10.4. The molecule has 3 nitrogen and oxygen atoms in total. The summed E-state index contributed by atoms with van der Waals surface area (Å²) >= 11 is 5.57. The van der Waals surface area contributed by atoms with Gasteiger partial charge in [0, 0.05) is 18.8 Å². The fraction of sp³-hybridized carbons (Fsp3) is 0.462. The molecule has 0 bridgehead atoms. The lowest BCUT2D eigenvalue weighted by molar-refractivity contribution is 0.367. The van der Waals surface area contributed by atoms with Crippen molar-refractivity contribution in [3.63, 3.8) is 0 Å². The molecule has 0 fully saturated rings. The highest BCUT2D eigenvalue weighted by molar-refractivity contribution is 8.13. The quantitative estimate of drug-likeness (QED) is 0.481. The van der Waals surface area contributed by atoms with E-state index >= 15 is 0 Å². The van der Waals surface area contributed by atoms with Crippen molar-refractivity contribution >= 4 is 29.4 Å². The van der Waals surface area contributed by atoms with Gasteiger partial charge in [0.25, 0.3) is 0 Å². The second-order valence-corrected chi connectivity index (χ2v) is 5.30. The fourth-order valence-corrected chi connectivity index (χ4v) is 2.50. The van der Waals surface area contributed by atoms with Gasteiger partial charge in [0.1, 0.15) is 5.04 Å². The van der Waals surface area contributed by atoms with Gasteiger partial charge in [0.2, 0.25) is 0 Å². The Balaban J connectivity index is 2.74. The van der Waals surface area contributed by atoms with E-state index in [1.165, 1.54) is 17.8 Å². The summed E-state index contributed by atoms with van der Waals surface area (Å²) in [6.45, 7) is 2.32. The van der Waals surface area contributed by atoms with Crippen LogP contribution in [0.3, 0.4) is 0 Å². The van der Waals surface area contributed by atoms with E-state index in [2.05, 4.69) is 22.5 Å². The van der Waals surface area contributed by atoms with Crippen molar-refractivity contribution in [1.82, 2.24) is 4.90 Å². The molecule has 0 unspecified atom stereocenters. The summed E-state index contributed by atoms with van der Waals surface area (Å²) in [4.78, 5) is 6.55. The molecule has 106 valence electrons. The number of para-hydroxylation sites is 1. The lowest BCUT2D eigenvalue weighted by Gasteiger charge is -2.13. The van der Waals surface area contributed by atoms with Crippen LogP contribution in [0.4, 0.5) is 4.39 Å². The Bertz CT molecular complexity index is 441. The van der Waals surface area contributed by atoms with Crippen LogP contribution >= 0.6 is 24.4 Å². The minimum absolute atomic E-state index is 0.334. The molecule has 0 aliphatic rings. The highest BCUT2D eigenvalue weighted by Crippen LogP contribution is 2.24. The van der Waals surface area contributed by atoms with Gasteiger partial charge < -0.3 is 10.0 Å². The predicted octanol–water partition coefficient (Wildman–Crippen LogP) is 2.50. The molecule has 6 heteroatoms. The molecule has 0 radical (unpaired) electrons. The molecule has 0 saturated carbocycles. The van der Waals surface area contributed by atoms with E-state index < -0.39 is 5.82 Å². The fourth-order valence-electron chi connectivity index (χ4n) is 1.55. The lowest BCUT2D eigenvalue weighted by atomic mass is 10.2. The third-order valence-corrected chi connectivity index (χ3v) is 3.57. The first-order valence-electron chi connectivity index (χ1n) is 5.95. The standard InChI is InChI=1S/C13H19FN2OS2/c1-16(8-9-18)7-6-15-13(19-2)10-4-3-5-11(14)12(10)17/h3-5,17-18H,6-9H2,1-2H3. The largest absolute Gasteiger partial charge is 0.504 e. The Morgan fingerprint density at radius 2 is 2.21 bits per heavy atom. The molecule has 0 saturated heterocycles. The van der Waals surface area contributed by atoms with Crippen molar-refractivity contribution < 1.29 is 9.50 Å². The maximum atomic E-state index is 13.3. The summed E-state index contributed by atoms with van der Waals surface area (Å²) < 4.78 is 13.3. The minimum Gasteiger partial charge on any atom is -0.504 e. The van der Waals surface area contributed by atoms with Gasteiger partial charge in [0.05, 0.1) is 12.1 Å². The lowest BCUT2D eigenvalue weighted by Crippen LogP contribution is -2.24. The second-order valence-electron chi connectivity index (χ2n) is 4.05. The number of aliphatic imine (C=N–C) groups is 1. The van der Waals surface area contributed by atoms with Crippen LogP contribution in [0.1, 0.15) is 5.56 Å². The topological polar surface area (TPSA) is 35.8 Å². The molecule has 0 aromatic heterocycles. The SMILES string of the molecule is CSC(=NCCN(C)CCS)c1cccc(F)c1O. The Kier molecular flexibility index (Phi) is 7.27. The van der Waals surface area contributed by atoms with Gasteiger partial charge in [-0.15, -0.1) is 11.8 Å². The number of likely N-dealkylation sites (N-methyl/N-ethyl adjacent to an activating group) is 1. The number of rotatable bonds is 6. The number of hydrogen-bond acceptors (Lipinski definition) is 5. The first-order valence-corrected chi connectivity index (χ1v) is 7.81. The average Bonchev–Trinajstić information content (AvgIpc) is 2.39. The van der Waals surface area contributed by atoms with Crippen molar-refractivity contribution in [2.45, 2.75) is 0 Å².